The fraction of sp³-hybridized carbons (Fsp3) is 0.375. The third-order valence-electron chi connectivity index (χ3n) is 0.924. The molecule has 3 nitrogen and oxygen atoms in total. The summed E-state index contributed by atoms with van der Waals surface area (Å²) >= 11 is 0. The Morgan fingerprint density at radius 1 is 1.55 bits per heavy atom. The number of hydrogen-bond donors (Lipinski definition) is 1. The summed E-state index contributed by atoms with van der Waals surface area (Å²) in [5.41, 5.74) is 0. The van der Waals surface area contributed by atoms with Crippen LogP contribution in [0.2, 0.25) is 0 Å². The molecule has 0 rings (SSSR count). The minimum atomic E-state index is -0.303. The molecule has 0 spiro atoms. The van der Waals surface area contributed by atoms with Crippen LogP contribution in [0.5, 0.6) is 0 Å². The van der Waals surface area contributed by atoms with E-state index in [2.05, 4.69) is 11.3 Å². The van der Waals surface area contributed by atoms with Crippen molar-refractivity contribution < 1.29 is 14.6 Å². The molecule has 0 fully saturated rings. The van der Waals surface area contributed by atoms with Gasteiger partial charge < -0.3 is 9.84 Å². The summed E-state index contributed by atoms with van der Waals surface area (Å²) in [5, 5.41) is 8.29. The highest BCUT2D eigenvalue weighted by molar-refractivity contribution is 5.71. The lowest BCUT2D eigenvalue weighted by molar-refractivity contribution is -0.141. The van der Waals surface area contributed by atoms with Crippen molar-refractivity contribution in [2.24, 2.45) is 0 Å². The van der Waals surface area contributed by atoms with E-state index in [-0.39, 0.29) is 25.6 Å². The van der Waals surface area contributed by atoms with Gasteiger partial charge >= 0.3 is 5.97 Å². The molecule has 0 aliphatic rings. The Balaban J connectivity index is 3.30. The van der Waals surface area contributed by atoms with E-state index in [1.807, 2.05) is 0 Å². The minimum Gasteiger partial charge on any atom is -0.461 e. The number of carbonyl (C=O) groups is 1. The second-order valence-corrected chi connectivity index (χ2v) is 1.83. The normalized spacial score (nSPS) is 9.91. The van der Waals surface area contributed by atoms with Gasteiger partial charge in [-0.25, -0.2) is 0 Å². The van der Waals surface area contributed by atoms with Crippen molar-refractivity contribution in [1.29, 1.82) is 0 Å². The molecule has 0 saturated heterocycles. The molecule has 0 unspecified atom stereocenters. The topological polar surface area (TPSA) is 46.5 Å². The quantitative estimate of drug-likeness (QED) is 0.469. The smallest absolute Gasteiger partial charge is 0.309 e. The summed E-state index contributed by atoms with van der Waals surface area (Å²) in [6.07, 6.45) is 4.81. The maximum atomic E-state index is 10.6. The summed E-state index contributed by atoms with van der Waals surface area (Å²) in [5.74, 6) is -0.303. The summed E-state index contributed by atoms with van der Waals surface area (Å²) in [4.78, 5) is 10.6. The van der Waals surface area contributed by atoms with Gasteiger partial charge in [-0.15, -0.1) is 6.58 Å². The molecule has 0 atom stereocenters. The first kappa shape index (κ1) is 9.91. The predicted molar refractivity (Wildman–Crippen MR) is 42.0 cm³/mol. The molecule has 11 heavy (non-hydrogen) atoms. The van der Waals surface area contributed by atoms with E-state index in [9.17, 15) is 4.79 Å². The Morgan fingerprint density at radius 2 is 2.27 bits per heavy atom. The zero-order valence-corrected chi connectivity index (χ0v) is 6.32. The van der Waals surface area contributed by atoms with Crippen LogP contribution in [-0.2, 0) is 9.53 Å². The molecule has 0 aliphatic heterocycles. The van der Waals surface area contributed by atoms with E-state index < -0.39 is 0 Å². The monoisotopic (exact) mass is 156 g/mol. The Bertz CT molecular complexity index is 149. The zero-order chi connectivity index (χ0) is 8.53. The van der Waals surface area contributed by atoms with Crippen molar-refractivity contribution >= 4 is 5.97 Å². The van der Waals surface area contributed by atoms with Gasteiger partial charge in [0.2, 0.25) is 0 Å². The van der Waals surface area contributed by atoms with E-state index in [1.54, 1.807) is 6.08 Å². The van der Waals surface area contributed by atoms with Crippen LogP contribution >= 0.6 is 0 Å². The van der Waals surface area contributed by atoms with Crippen molar-refractivity contribution in [3.8, 4) is 0 Å². The number of carbonyl (C=O) groups excluding carboxylic acids is 1. The molecule has 0 amide bonds. The number of aliphatic hydroxyl groups excluding tert-OH is 1. The minimum absolute atomic E-state index is 0.0288. The molecule has 0 aromatic carbocycles. The molecule has 62 valence electrons. The molecule has 0 aliphatic carbocycles. The Kier molecular flexibility index (Phi) is 6.33. The van der Waals surface area contributed by atoms with Gasteiger partial charge in [0.15, 0.2) is 0 Å². The molecule has 1 N–H and O–H groups in total. The molecular weight excluding hydrogens is 144 g/mol. The number of esters is 1. The highest BCUT2D eigenvalue weighted by Crippen LogP contribution is 1.86. The molecule has 0 radical (unpaired) electrons. The standard InChI is InChI=1S/C8H12O3/c1-2-5-8(10)11-7-4-3-6-9/h2-4,9H,1,5-7H2/b4-3+. The van der Waals surface area contributed by atoms with Crippen molar-refractivity contribution in [3.05, 3.63) is 24.8 Å². The highest BCUT2D eigenvalue weighted by atomic mass is 16.5. The SMILES string of the molecule is C=CCC(=O)OC/C=C/CO. The van der Waals surface area contributed by atoms with Gasteiger partial charge in [0.1, 0.15) is 6.61 Å². The average molecular weight is 156 g/mol. The Labute approximate surface area is 66.0 Å². The average Bonchev–Trinajstić information content (AvgIpc) is 1.99. The van der Waals surface area contributed by atoms with E-state index in [4.69, 9.17) is 5.11 Å². The molecule has 0 aromatic rings. The van der Waals surface area contributed by atoms with Crippen LogP contribution in [0.15, 0.2) is 24.8 Å². The third-order valence-corrected chi connectivity index (χ3v) is 0.924. The van der Waals surface area contributed by atoms with E-state index in [0.717, 1.165) is 0 Å². The molecule has 0 bridgehead atoms. The summed E-state index contributed by atoms with van der Waals surface area (Å²) in [6.45, 7) is 3.57. The maximum absolute atomic E-state index is 10.6. The fourth-order valence-corrected chi connectivity index (χ4v) is 0.460. The van der Waals surface area contributed by atoms with Gasteiger partial charge in [-0.05, 0) is 6.08 Å². The lowest BCUT2D eigenvalue weighted by Crippen LogP contribution is -2.02. The third kappa shape index (κ3) is 6.80. The maximum Gasteiger partial charge on any atom is 0.309 e. The second-order valence-electron chi connectivity index (χ2n) is 1.83. The first-order valence-electron chi connectivity index (χ1n) is 3.33. The fourth-order valence-electron chi connectivity index (χ4n) is 0.460. The number of ether oxygens (including phenoxy) is 1. The van der Waals surface area contributed by atoms with Crippen LogP contribution in [0.3, 0.4) is 0 Å². The van der Waals surface area contributed by atoms with Gasteiger partial charge in [-0.2, -0.15) is 0 Å². The van der Waals surface area contributed by atoms with Crippen molar-refractivity contribution in [2.45, 2.75) is 6.42 Å². The predicted octanol–water partition coefficient (Wildman–Crippen LogP) is 0.654. The summed E-state index contributed by atoms with van der Waals surface area (Å²) in [6, 6.07) is 0. The largest absolute Gasteiger partial charge is 0.461 e. The summed E-state index contributed by atoms with van der Waals surface area (Å²) in [7, 11) is 0. The van der Waals surface area contributed by atoms with Gasteiger partial charge in [0.05, 0.1) is 13.0 Å². The second kappa shape index (κ2) is 7.02. The van der Waals surface area contributed by atoms with Crippen LogP contribution < -0.4 is 0 Å². The van der Waals surface area contributed by atoms with Crippen LogP contribution in [0.1, 0.15) is 6.42 Å². The molecule has 3 heteroatoms. The number of aliphatic hydroxyl groups is 1. The van der Waals surface area contributed by atoms with Crippen LogP contribution in [0, 0.1) is 0 Å². The summed E-state index contributed by atoms with van der Waals surface area (Å²) < 4.78 is 4.68. The van der Waals surface area contributed by atoms with E-state index >= 15 is 0 Å². The Morgan fingerprint density at radius 3 is 2.82 bits per heavy atom. The van der Waals surface area contributed by atoms with Crippen molar-refractivity contribution in [1.82, 2.24) is 0 Å². The van der Waals surface area contributed by atoms with Gasteiger partial charge in [0.25, 0.3) is 0 Å². The van der Waals surface area contributed by atoms with Gasteiger partial charge in [0, 0.05) is 0 Å². The number of hydrogen-bond acceptors (Lipinski definition) is 3. The highest BCUT2D eigenvalue weighted by Gasteiger charge is 1.94. The Hall–Kier alpha value is -1.09. The van der Waals surface area contributed by atoms with Gasteiger partial charge in [-0.1, -0.05) is 12.2 Å². The van der Waals surface area contributed by atoms with Gasteiger partial charge in [-0.3, -0.25) is 4.79 Å². The molecule has 0 heterocycles. The first-order chi connectivity index (χ1) is 5.31. The molecule has 0 saturated carbocycles. The first-order valence-corrected chi connectivity index (χ1v) is 3.33. The zero-order valence-electron chi connectivity index (χ0n) is 6.32. The van der Waals surface area contributed by atoms with Crippen LogP contribution in [-0.4, -0.2) is 24.3 Å². The van der Waals surface area contributed by atoms with Crippen molar-refractivity contribution in [3.63, 3.8) is 0 Å². The van der Waals surface area contributed by atoms with Crippen LogP contribution in [0.25, 0.3) is 0 Å². The molecular formula is C8H12O3. The number of rotatable bonds is 5. The lowest BCUT2D eigenvalue weighted by Gasteiger charge is -1.96. The lowest BCUT2D eigenvalue weighted by atomic mass is 10.4. The van der Waals surface area contributed by atoms with E-state index in [0.29, 0.717) is 0 Å². The molecule has 0 aromatic heterocycles. The van der Waals surface area contributed by atoms with Crippen molar-refractivity contribution in [2.75, 3.05) is 13.2 Å². The van der Waals surface area contributed by atoms with E-state index in [1.165, 1.54) is 12.2 Å². The van der Waals surface area contributed by atoms with Crippen LogP contribution in [0.4, 0.5) is 0 Å².